The standard InChI is InChI=1S/C22H24FN3O3S/c1-16(27)25-12-14-26(15-13-25)22(29)10-11-24-21(28)9-7-17-6-8-20(30-17)18-4-2-3-5-19(18)23/h2-9H,10-15H2,1H3,(H,24,28). The molecule has 30 heavy (non-hydrogen) atoms. The van der Waals surface area contributed by atoms with E-state index in [9.17, 15) is 18.8 Å². The van der Waals surface area contributed by atoms with Crippen molar-refractivity contribution in [1.29, 1.82) is 0 Å². The van der Waals surface area contributed by atoms with Gasteiger partial charge in [-0.05, 0) is 24.3 Å². The van der Waals surface area contributed by atoms with Crippen LogP contribution in [0.5, 0.6) is 0 Å². The summed E-state index contributed by atoms with van der Waals surface area (Å²) in [5.74, 6) is -0.576. The molecule has 1 aliphatic heterocycles. The fraction of sp³-hybridized carbons (Fsp3) is 0.318. The molecule has 158 valence electrons. The van der Waals surface area contributed by atoms with Crippen LogP contribution >= 0.6 is 11.3 Å². The Morgan fingerprint density at radius 3 is 2.47 bits per heavy atom. The topological polar surface area (TPSA) is 69.7 Å². The SMILES string of the molecule is CC(=O)N1CCN(C(=O)CCNC(=O)C=Cc2ccc(-c3ccccc3F)s2)CC1. The molecule has 1 aromatic heterocycles. The molecule has 1 N–H and O–H groups in total. The van der Waals surface area contributed by atoms with E-state index >= 15 is 0 Å². The van der Waals surface area contributed by atoms with Crippen molar-refractivity contribution in [2.24, 2.45) is 0 Å². The van der Waals surface area contributed by atoms with Gasteiger partial charge in [-0.15, -0.1) is 11.3 Å². The number of hydrogen-bond acceptors (Lipinski definition) is 4. The van der Waals surface area contributed by atoms with Crippen LogP contribution in [0.25, 0.3) is 16.5 Å². The van der Waals surface area contributed by atoms with Crippen LogP contribution in [-0.2, 0) is 14.4 Å². The van der Waals surface area contributed by atoms with Gasteiger partial charge < -0.3 is 15.1 Å². The Labute approximate surface area is 179 Å². The molecule has 2 aromatic rings. The number of carbonyl (C=O) groups is 3. The van der Waals surface area contributed by atoms with Gasteiger partial charge in [0.15, 0.2) is 0 Å². The lowest BCUT2D eigenvalue weighted by Gasteiger charge is -2.34. The lowest BCUT2D eigenvalue weighted by atomic mass is 10.2. The highest BCUT2D eigenvalue weighted by molar-refractivity contribution is 7.16. The molecule has 6 nitrogen and oxygen atoms in total. The minimum absolute atomic E-state index is 0.0212. The predicted octanol–water partition coefficient (Wildman–Crippen LogP) is 2.76. The highest BCUT2D eigenvalue weighted by atomic mass is 32.1. The van der Waals surface area contributed by atoms with Crippen molar-refractivity contribution in [1.82, 2.24) is 15.1 Å². The van der Waals surface area contributed by atoms with Crippen molar-refractivity contribution in [2.75, 3.05) is 32.7 Å². The Bertz CT molecular complexity index is 949. The average molecular weight is 430 g/mol. The molecule has 0 radical (unpaired) electrons. The normalized spacial score (nSPS) is 14.2. The Morgan fingerprint density at radius 2 is 1.77 bits per heavy atom. The largest absolute Gasteiger partial charge is 0.352 e. The molecule has 1 saturated heterocycles. The first kappa shape index (κ1) is 21.7. The molecule has 1 aromatic carbocycles. The first-order valence-corrected chi connectivity index (χ1v) is 10.6. The summed E-state index contributed by atoms with van der Waals surface area (Å²) in [6.07, 6.45) is 3.30. The minimum atomic E-state index is -0.287. The van der Waals surface area contributed by atoms with E-state index < -0.39 is 0 Å². The van der Waals surface area contributed by atoms with E-state index in [0.29, 0.717) is 31.7 Å². The van der Waals surface area contributed by atoms with Crippen LogP contribution in [0, 0.1) is 5.82 Å². The van der Waals surface area contributed by atoms with Gasteiger partial charge in [-0.2, -0.15) is 0 Å². The number of amides is 3. The number of carbonyl (C=O) groups excluding carboxylic acids is 3. The molecule has 0 atom stereocenters. The molecule has 0 aliphatic carbocycles. The second-order valence-electron chi connectivity index (χ2n) is 6.94. The average Bonchev–Trinajstić information content (AvgIpc) is 3.21. The minimum Gasteiger partial charge on any atom is -0.352 e. The number of halogens is 1. The van der Waals surface area contributed by atoms with Crippen LogP contribution in [0.15, 0.2) is 42.5 Å². The first-order valence-electron chi connectivity index (χ1n) is 9.78. The summed E-state index contributed by atoms with van der Waals surface area (Å²) in [6.45, 7) is 3.92. The number of hydrogen-bond donors (Lipinski definition) is 1. The number of thiophene rings is 1. The van der Waals surface area contributed by atoms with E-state index in [4.69, 9.17) is 0 Å². The summed E-state index contributed by atoms with van der Waals surface area (Å²) < 4.78 is 13.9. The summed E-state index contributed by atoms with van der Waals surface area (Å²) >= 11 is 1.40. The smallest absolute Gasteiger partial charge is 0.244 e. The monoisotopic (exact) mass is 429 g/mol. The second kappa shape index (κ2) is 10.2. The Balaban J connectivity index is 1.42. The zero-order chi connectivity index (χ0) is 21.5. The van der Waals surface area contributed by atoms with E-state index in [-0.39, 0.29) is 36.5 Å². The van der Waals surface area contributed by atoms with Crippen molar-refractivity contribution in [2.45, 2.75) is 13.3 Å². The number of benzene rings is 1. The van der Waals surface area contributed by atoms with Gasteiger partial charge in [0.25, 0.3) is 0 Å². The van der Waals surface area contributed by atoms with Gasteiger partial charge in [0.1, 0.15) is 5.82 Å². The van der Waals surface area contributed by atoms with Gasteiger partial charge in [0.05, 0.1) is 0 Å². The van der Waals surface area contributed by atoms with Crippen molar-refractivity contribution >= 4 is 35.1 Å². The van der Waals surface area contributed by atoms with Gasteiger partial charge in [-0.1, -0.05) is 18.2 Å². The maximum atomic E-state index is 13.9. The van der Waals surface area contributed by atoms with Crippen molar-refractivity contribution in [3.63, 3.8) is 0 Å². The van der Waals surface area contributed by atoms with Gasteiger partial charge in [-0.3, -0.25) is 14.4 Å². The molecule has 0 unspecified atom stereocenters. The lowest BCUT2D eigenvalue weighted by Crippen LogP contribution is -2.50. The van der Waals surface area contributed by atoms with E-state index in [1.807, 2.05) is 12.1 Å². The molecule has 1 aliphatic rings. The Morgan fingerprint density at radius 1 is 1.07 bits per heavy atom. The van der Waals surface area contributed by atoms with Crippen molar-refractivity contribution in [3.05, 3.63) is 53.2 Å². The fourth-order valence-electron chi connectivity index (χ4n) is 3.19. The van der Waals surface area contributed by atoms with Crippen LogP contribution < -0.4 is 5.32 Å². The molecule has 0 bridgehead atoms. The highest BCUT2D eigenvalue weighted by Gasteiger charge is 2.21. The molecular formula is C22H24FN3O3S. The van der Waals surface area contributed by atoms with Gasteiger partial charge in [0.2, 0.25) is 17.7 Å². The third kappa shape index (κ3) is 5.76. The maximum Gasteiger partial charge on any atom is 0.244 e. The fourth-order valence-corrected chi connectivity index (χ4v) is 4.12. The quantitative estimate of drug-likeness (QED) is 0.718. The lowest BCUT2D eigenvalue weighted by molar-refractivity contribution is -0.138. The van der Waals surface area contributed by atoms with E-state index in [1.165, 1.54) is 30.4 Å². The number of rotatable bonds is 6. The summed E-state index contributed by atoms with van der Waals surface area (Å²) in [5, 5.41) is 2.70. The number of nitrogens with one attached hydrogen (secondary N) is 1. The molecule has 8 heteroatoms. The van der Waals surface area contributed by atoms with Crippen LogP contribution in [0.2, 0.25) is 0 Å². The third-order valence-corrected chi connectivity index (χ3v) is 5.96. The second-order valence-corrected chi connectivity index (χ2v) is 8.06. The highest BCUT2D eigenvalue weighted by Crippen LogP contribution is 2.30. The first-order chi connectivity index (χ1) is 14.4. The van der Waals surface area contributed by atoms with Crippen molar-refractivity contribution < 1.29 is 18.8 Å². The summed E-state index contributed by atoms with van der Waals surface area (Å²) in [7, 11) is 0. The maximum absolute atomic E-state index is 13.9. The molecule has 3 rings (SSSR count). The molecule has 0 spiro atoms. The molecule has 1 fully saturated rings. The van der Waals surface area contributed by atoms with Gasteiger partial charge >= 0.3 is 0 Å². The van der Waals surface area contributed by atoms with Crippen LogP contribution in [0.3, 0.4) is 0 Å². The predicted molar refractivity (Wildman–Crippen MR) is 115 cm³/mol. The molecule has 3 amide bonds. The molecular weight excluding hydrogens is 405 g/mol. The number of nitrogens with zero attached hydrogens (tertiary/aromatic N) is 2. The summed E-state index contributed by atoms with van der Waals surface area (Å²) in [5.41, 5.74) is 0.536. The Kier molecular flexibility index (Phi) is 7.35. The zero-order valence-corrected chi connectivity index (χ0v) is 17.6. The summed E-state index contributed by atoms with van der Waals surface area (Å²) in [6, 6.07) is 10.2. The molecule has 2 heterocycles. The van der Waals surface area contributed by atoms with E-state index in [0.717, 1.165) is 9.75 Å². The third-order valence-electron chi connectivity index (χ3n) is 4.88. The van der Waals surface area contributed by atoms with E-state index in [1.54, 1.807) is 34.1 Å². The van der Waals surface area contributed by atoms with Gasteiger partial charge in [0, 0.05) is 67.5 Å². The summed E-state index contributed by atoms with van der Waals surface area (Å²) in [4.78, 5) is 40.6. The van der Waals surface area contributed by atoms with Gasteiger partial charge in [-0.25, -0.2) is 4.39 Å². The van der Waals surface area contributed by atoms with E-state index in [2.05, 4.69) is 5.32 Å². The van der Waals surface area contributed by atoms with Crippen LogP contribution in [-0.4, -0.2) is 60.2 Å². The van der Waals surface area contributed by atoms with Crippen molar-refractivity contribution in [3.8, 4) is 10.4 Å². The van der Waals surface area contributed by atoms with Crippen LogP contribution in [0.1, 0.15) is 18.2 Å². The Hall–Kier alpha value is -3.00. The zero-order valence-electron chi connectivity index (χ0n) is 16.8. The van der Waals surface area contributed by atoms with Crippen LogP contribution in [0.4, 0.5) is 4.39 Å². The molecule has 0 saturated carbocycles. The number of piperazine rings is 1.